The lowest BCUT2D eigenvalue weighted by atomic mass is 9.95. The third-order valence-corrected chi connectivity index (χ3v) is 5.08. The predicted molar refractivity (Wildman–Crippen MR) is 104 cm³/mol. The lowest BCUT2D eigenvalue weighted by molar-refractivity contribution is 0.0943. The van der Waals surface area contributed by atoms with Crippen molar-refractivity contribution in [1.82, 2.24) is 15.8 Å². The molecule has 6 heteroatoms. The van der Waals surface area contributed by atoms with E-state index in [1.165, 1.54) is 12.1 Å². The number of piperidine rings is 1. The van der Waals surface area contributed by atoms with Crippen LogP contribution in [0, 0.1) is 5.82 Å². The van der Waals surface area contributed by atoms with E-state index in [1.807, 2.05) is 36.4 Å². The van der Waals surface area contributed by atoms with E-state index in [9.17, 15) is 9.18 Å². The van der Waals surface area contributed by atoms with Crippen molar-refractivity contribution in [2.24, 2.45) is 0 Å². The average molecular weight is 379 g/mol. The Bertz CT molecular complexity index is 949. The van der Waals surface area contributed by atoms with E-state index < -0.39 is 11.7 Å². The maximum atomic E-state index is 14.5. The molecule has 1 saturated heterocycles. The van der Waals surface area contributed by atoms with Crippen LogP contribution in [0.2, 0.25) is 0 Å². The number of carbonyl (C=O) groups is 1. The van der Waals surface area contributed by atoms with Crippen molar-refractivity contribution < 1.29 is 13.7 Å². The number of nitrogens with zero attached hydrogens (tertiary/aromatic N) is 1. The summed E-state index contributed by atoms with van der Waals surface area (Å²) < 4.78 is 19.8. The van der Waals surface area contributed by atoms with E-state index in [-0.39, 0.29) is 12.1 Å². The van der Waals surface area contributed by atoms with Gasteiger partial charge in [-0.15, -0.1) is 0 Å². The molecule has 1 fully saturated rings. The Morgan fingerprint density at radius 1 is 1.11 bits per heavy atom. The van der Waals surface area contributed by atoms with Crippen LogP contribution < -0.4 is 10.6 Å². The van der Waals surface area contributed by atoms with Gasteiger partial charge in [0.2, 0.25) is 0 Å². The van der Waals surface area contributed by atoms with Crippen LogP contribution in [0.5, 0.6) is 0 Å². The molecule has 0 aliphatic carbocycles. The first-order valence-corrected chi connectivity index (χ1v) is 9.50. The molecule has 2 N–H and O–H groups in total. The lowest BCUT2D eigenvalue weighted by Gasteiger charge is -2.19. The molecule has 144 valence electrons. The van der Waals surface area contributed by atoms with E-state index in [0.717, 1.165) is 42.8 Å². The summed E-state index contributed by atoms with van der Waals surface area (Å²) in [6.45, 7) is 2.13. The highest BCUT2D eigenvalue weighted by atomic mass is 19.1. The second-order valence-corrected chi connectivity index (χ2v) is 6.99. The molecule has 28 heavy (non-hydrogen) atoms. The number of aromatic nitrogens is 1. The first-order chi connectivity index (χ1) is 13.7. The smallest absolute Gasteiger partial charge is 0.254 e. The molecule has 2 aromatic carbocycles. The largest absolute Gasteiger partial charge is 0.359 e. The minimum absolute atomic E-state index is 0.0118. The van der Waals surface area contributed by atoms with Gasteiger partial charge >= 0.3 is 0 Å². The number of hydrogen-bond acceptors (Lipinski definition) is 4. The van der Waals surface area contributed by atoms with E-state index in [1.54, 1.807) is 6.07 Å². The van der Waals surface area contributed by atoms with Gasteiger partial charge in [-0.2, -0.15) is 0 Å². The highest BCUT2D eigenvalue weighted by molar-refractivity contribution is 5.94. The minimum atomic E-state index is -0.549. The monoisotopic (exact) mass is 379 g/mol. The zero-order valence-electron chi connectivity index (χ0n) is 15.5. The summed E-state index contributed by atoms with van der Waals surface area (Å²) in [6.07, 6.45) is 2.05. The Labute approximate surface area is 162 Å². The van der Waals surface area contributed by atoms with Crippen molar-refractivity contribution in [2.45, 2.75) is 25.3 Å². The molecule has 2 heterocycles. The molecule has 0 atom stereocenters. The molecule has 3 aromatic rings. The SMILES string of the molecule is O=C(NCc1cc(C2CCNCC2)no1)c1ccc(-c2ccccc2)cc1F. The van der Waals surface area contributed by atoms with Crippen LogP contribution in [0.4, 0.5) is 4.39 Å². The van der Waals surface area contributed by atoms with Crippen molar-refractivity contribution in [2.75, 3.05) is 13.1 Å². The Morgan fingerprint density at radius 2 is 1.89 bits per heavy atom. The molecule has 0 spiro atoms. The van der Waals surface area contributed by atoms with E-state index in [2.05, 4.69) is 15.8 Å². The number of amides is 1. The molecule has 1 aromatic heterocycles. The second-order valence-electron chi connectivity index (χ2n) is 6.99. The summed E-state index contributed by atoms with van der Waals surface area (Å²) >= 11 is 0. The molecule has 5 nitrogen and oxygen atoms in total. The third-order valence-electron chi connectivity index (χ3n) is 5.08. The fourth-order valence-corrected chi connectivity index (χ4v) is 3.49. The minimum Gasteiger partial charge on any atom is -0.359 e. The topological polar surface area (TPSA) is 67.2 Å². The van der Waals surface area contributed by atoms with E-state index in [0.29, 0.717) is 11.7 Å². The summed E-state index contributed by atoms with van der Waals surface area (Å²) in [5.74, 6) is -0.0654. The van der Waals surface area contributed by atoms with Crippen LogP contribution in [0.25, 0.3) is 11.1 Å². The fourth-order valence-electron chi connectivity index (χ4n) is 3.49. The van der Waals surface area contributed by atoms with Gasteiger partial charge in [0.25, 0.3) is 5.91 Å². The van der Waals surface area contributed by atoms with Gasteiger partial charge in [0.15, 0.2) is 5.76 Å². The number of hydrogen-bond donors (Lipinski definition) is 2. The Kier molecular flexibility index (Phi) is 5.48. The standard InChI is InChI=1S/C22H22FN3O2/c23-20-12-17(15-4-2-1-3-5-15)6-7-19(20)22(27)25-14-18-13-21(26-28-18)16-8-10-24-11-9-16/h1-7,12-13,16,24H,8-11,14H2,(H,25,27). The van der Waals surface area contributed by atoms with Crippen LogP contribution in [-0.2, 0) is 6.54 Å². The number of halogens is 1. The van der Waals surface area contributed by atoms with E-state index >= 15 is 0 Å². The summed E-state index contributed by atoms with van der Waals surface area (Å²) in [5, 5.41) is 10.1. The zero-order chi connectivity index (χ0) is 19.3. The molecule has 0 bridgehead atoms. The molecular weight excluding hydrogens is 357 g/mol. The van der Waals surface area contributed by atoms with Gasteiger partial charge in [-0.3, -0.25) is 4.79 Å². The number of rotatable bonds is 5. The number of carbonyl (C=O) groups excluding carboxylic acids is 1. The maximum Gasteiger partial charge on any atom is 0.254 e. The Hall–Kier alpha value is -2.99. The van der Waals surface area contributed by atoms with Gasteiger partial charge in [-0.05, 0) is 49.2 Å². The average Bonchev–Trinajstić information content (AvgIpc) is 3.22. The van der Waals surface area contributed by atoms with Crippen molar-refractivity contribution in [3.05, 3.63) is 77.4 Å². The molecule has 1 amide bonds. The molecule has 1 aliphatic heterocycles. The van der Waals surface area contributed by atoms with Gasteiger partial charge in [-0.25, -0.2) is 4.39 Å². The van der Waals surface area contributed by atoms with Crippen LogP contribution in [0.15, 0.2) is 59.1 Å². The molecule has 0 radical (unpaired) electrons. The van der Waals surface area contributed by atoms with Crippen molar-refractivity contribution in [3.8, 4) is 11.1 Å². The predicted octanol–water partition coefficient (Wildman–Crippen LogP) is 3.88. The second kappa shape index (κ2) is 8.35. The fraction of sp³-hybridized carbons (Fsp3) is 0.273. The number of nitrogens with one attached hydrogen (secondary N) is 2. The maximum absolute atomic E-state index is 14.5. The van der Waals surface area contributed by atoms with Gasteiger partial charge in [0.05, 0.1) is 17.8 Å². The first kappa shape index (κ1) is 18.4. The summed E-state index contributed by atoms with van der Waals surface area (Å²) in [5.41, 5.74) is 2.57. The normalized spacial score (nSPS) is 14.8. The number of benzene rings is 2. The molecule has 0 saturated carbocycles. The highest BCUT2D eigenvalue weighted by Crippen LogP contribution is 2.25. The van der Waals surface area contributed by atoms with Crippen LogP contribution in [0.3, 0.4) is 0 Å². The summed E-state index contributed by atoms with van der Waals surface area (Å²) in [6, 6.07) is 16.0. The Morgan fingerprint density at radius 3 is 2.64 bits per heavy atom. The summed E-state index contributed by atoms with van der Waals surface area (Å²) in [7, 11) is 0. The quantitative estimate of drug-likeness (QED) is 0.706. The summed E-state index contributed by atoms with van der Waals surface area (Å²) in [4.78, 5) is 12.4. The zero-order valence-corrected chi connectivity index (χ0v) is 15.5. The van der Waals surface area contributed by atoms with Gasteiger partial charge < -0.3 is 15.2 Å². The first-order valence-electron chi connectivity index (χ1n) is 9.50. The van der Waals surface area contributed by atoms with Crippen LogP contribution in [-0.4, -0.2) is 24.2 Å². The van der Waals surface area contributed by atoms with Gasteiger partial charge in [0, 0.05) is 12.0 Å². The molecular formula is C22H22FN3O2. The third kappa shape index (κ3) is 4.12. The molecule has 1 aliphatic rings. The van der Waals surface area contributed by atoms with Crippen LogP contribution >= 0.6 is 0 Å². The lowest BCUT2D eigenvalue weighted by Crippen LogP contribution is -2.26. The Balaban J connectivity index is 1.39. The van der Waals surface area contributed by atoms with Gasteiger partial charge in [0.1, 0.15) is 5.82 Å². The van der Waals surface area contributed by atoms with Gasteiger partial charge in [-0.1, -0.05) is 41.6 Å². The highest BCUT2D eigenvalue weighted by Gasteiger charge is 2.19. The molecule has 4 rings (SSSR count). The van der Waals surface area contributed by atoms with Crippen molar-refractivity contribution >= 4 is 5.91 Å². The van der Waals surface area contributed by atoms with E-state index in [4.69, 9.17) is 4.52 Å². The van der Waals surface area contributed by atoms with Crippen molar-refractivity contribution in [1.29, 1.82) is 0 Å². The van der Waals surface area contributed by atoms with Crippen molar-refractivity contribution in [3.63, 3.8) is 0 Å². The van der Waals surface area contributed by atoms with Crippen LogP contribution in [0.1, 0.15) is 40.6 Å². The molecule has 0 unspecified atom stereocenters.